The molecule has 1 saturated heterocycles. The topological polar surface area (TPSA) is 33.7 Å². The van der Waals surface area contributed by atoms with Gasteiger partial charge < -0.3 is 19.7 Å². The van der Waals surface area contributed by atoms with Gasteiger partial charge >= 0.3 is 0 Å². The molecule has 21 heavy (non-hydrogen) atoms. The molecular weight excluding hydrogens is 288 g/mol. The van der Waals surface area contributed by atoms with Crippen molar-refractivity contribution in [1.29, 1.82) is 0 Å². The van der Waals surface area contributed by atoms with Crippen LogP contribution in [0.3, 0.4) is 0 Å². The van der Waals surface area contributed by atoms with E-state index in [1.807, 2.05) is 6.07 Å². The lowest BCUT2D eigenvalue weighted by atomic mass is 10.1. The fourth-order valence-corrected chi connectivity index (χ4v) is 2.97. The molecule has 118 valence electrons. The van der Waals surface area contributed by atoms with E-state index >= 15 is 0 Å². The van der Waals surface area contributed by atoms with E-state index in [1.54, 1.807) is 14.2 Å². The van der Waals surface area contributed by atoms with Crippen molar-refractivity contribution in [3.8, 4) is 0 Å². The zero-order valence-electron chi connectivity index (χ0n) is 12.9. The summed E-state index contributed by atoms with van der Waals surface area (Å²) < 4.78 is 10.3. The summed E-state index contributed by atoms with van der Waals surface area (Å²) in [7, 11) is 3.49. The molecule has 1 aliphatic rings. The zero-order chi connectivity index (χ0) is 15.1. The molecule has 4 nitrogen and oxygen atoms in total. The predicted molar refractivity (Wildman–Crippen MR) is 87.2 cm³/mol. The van der Waals surface area contributed by atoms with Crippen LogP contribution in [-0.2, 0) is 16.0 Å². The standard InChI is InChI=1S/C16H25ClN2O2/c1-20-8-6-18-10-14-3-4-15(17)9-16(14)19-7-5-13(11-19)12-21-2/h3-4,9,13,18H,5-8,10-12H2,1-2H3. The second-order valence-corrected chi connectivity index (χ2v) is 5.94. The summed E-state index contributed by atoms with van der Waals surface area (Å²) in [5, 5.41) is 4.20. The largest absolute Gasteiger partial charge is 0.384 e. The predicted octanol–water partition coefficient (Wildman–Crippen LogP) is 2.55. The summed E-state index contributed by atoms with van der Waals surface area (Å²) in [6.07, 6.45) is 1.18. The first-order valence-electron chi connectivity index (χ1n) is 7.46. The van der Waals surface area contributed by atoms with Crippen LogP contribution < -0.4 is 10.2 Å². The molecular formula is C16H25ClN2O2. The van der Waals surface area contributed by atoms with Crippen molar-refractivity contribution in [3.05, 3.63) is 28.8 Å². The first kappa shape index (κ1) is 16.6. The van der Waals surface area contributed by atoms with Crippen LogP contribution >= 0.6 is 11.6 Å². The van der Waals surface area contributed by atoms with Gasteiger partial charge in [0.1, 0.15) is 0 Å². The lowest BCUT2D eigenvalue weighted by Crippen LogP contribution is -2.24. The van der Waals surface area contributed by atoms with Crippen LogP contribution in [0.2, 0.25) is 5.02 Å². The fraction of sp³-hybridized carbons (Fsp3) is 0.625. The van der Waals surface area contributed by atoms with E-state index < -0.39 is 0 Å². The van der Waals surface area contributed by atoms with Crippen LogP contribution in [0.4, 0.5) is 5.69 Å². The quantitative estimate of drug-likeness (QED) is 0.748. The number of benzene rings is 1. The van der Waals surface area contributed by atoms with Gasteiger partial charge in [0.25, 0.3) is 0 Å². The monoisotopic (exact) mass is 312 g/mol. The minimum atomic E-state index is 0.614. The van der Waals surface area contributed by atoms with Crippen LogP contribution in [0.1, 0.15) is 12.0 Å². The number of anilines is 1. The lowest BCUT2D eigenvalue weighted by molar-refractivity contribution is 0.161. The normalized spacial score (nSPS) is 18.4. The second-order valence-electron chi connectivity index (χ2n) is 5.50. The minimum Gasteiger partial charge on any atom is -0.384 e. The second kappa shape index (κ2) is 8.59. The smallest absolute Gasteiger partial charge is 0.0587 e. The summed E-state index contributed by atoms with van der Waals surface area (Å²) in [5.74, 6) is 0.614. The van der Waals surface area contributed by atoms with Crippen molar-refractivity contribution in [2.24, 2.45) is 5.92 Å². The molecule has 1 unspecified atom stereocenters. The average Bonchev–Trinajstić information content (AvgIpc) is 2.94. The molecule has 0 amide bonds. The van der Waals surface area contributed by atoms with Gasteiger partial charge in [-0.1, -0.05) is 17.7 Å². The molecule has 1 fully saturated rings. The third-order valence-electron chi connectivity index (χ3n) is 3.87. The van der Waals surface area contributed by atoms with Gasteiger partial charge in [-0.3, -0.25) is 0 Å². The van der Waals surface area contributed by atoms with Crippen LogP contribution in [-0.4, -0.2) is 47.1 Å². The molecule has 1 heterocycles. The molecule has 0 saturated carbocycles. The Kier molecular flexibility index (Phi) is 6.77. The first-order valence-corrected chi connectivity index (χ1v) is 7.84. The lowest BCUT2D eigenvalue weighted by Gasteiger charge is -2.23. The SMILES string of the molecule is COCCNCc1ccc(Cl)cc1N1CCC(COC)C1. The molecule has 0 aliphatic carbocycles. The molecule has 0 aromatic heterocycles. The molecule has 0 radical (unpaired) electrons. The van der Waals surface area contributed by atoms with E-state index in [1.165, 1.54) is 17.7 Å². The summed E-state index contributed by atoms with van der Waals surface area (Å²) in [6, 6.07) is 6.15. The highest BCUT2D eigenvalue weighted by Crippen LogP contribution is 2.29. The summed E-state index contributed by atoms with van der Waals surface area (Å²) in [4.78, 5) is 2.42. The van der Waals surface area contributed by atoms with Gasteiger partial charge in [0.2, 0.25) is 0 Å². The van der Waals surface area contributed by atoms with Crippen LogP contribution in [0.5, 0.6) is 0 Å². The van der Waals surface area contributed by atoms with Crippen molar-refractivity contribution in [1.82, 2.24) is 5.32 Å². The molecule has 1 aromatic carbocycles. The number of hydrogen-bond acceptors (Lipinski definition) is 4. The van der Waals surface area contributed by atoms with E-state index in [0.29, 0.717) is 5.92 Å². The van der Waals surface area contributed by atoms with E-state index in [4.69, 9.17) is 21.1 Å². The Labute approximate surface area is 132 Å². The first-order chi connectivity index (χ1) is 10.2. The number of ether oxygens (including phenoxy) is 2. The van der Waals surface area contributed by atoms with Crippen molar-refractivity contribution >= 4 is 17.3 Å². The van der Waals surface area contributed by atoms with Crippen LogP contribution in [0, 0.1) is 5.92 Å². The van der Waals surface area contributed by atoms with Crippen molar-refractivity contribution < 1.29 is 9.47 Å². The van der Waals surface area contributed by atoms with Gasteiger partial charge in [-0.15, -0.1) is 0 Å². The van der Waals surface area contributed by atoms with Gasteiger partial charge in [0.05, 0.1) is 13.2 Å². The molecule has 1 aromatic rings. The van der Waals surface area contributed by atoms with Crippen LogP contribution in [0.15, 0.2) is 18.2 Å². The van der Waals surface area contributed by atoms with E-state index in [-0.39, 0.29) is 0 Å². The maximum absolute atomic E-state index is 6.18. The summed E-state index contributed by atoms with van der Waals surface area (Å²) >= 11 is 6.18. The number of methoxy groups -OCH3 is 2. The summed E-state index contributed by atoms with van der Waals surface area (Å²) in [6.45, 7) is 5.35. The van der Waals surface area contributed by atoms with Gasteiger partial charge in [-0.05, 0) is 24.1 Å². The molecule has 0 spiro atoms. The number of nitrogens with one attached hydrogen (secondary N) is 1. The molecule has 5 heteroatoms. The maximum Gasteiger partial charge on any atom is 0.0587 e. The average molecular weight is 313 g/mol. The number of halogens is 1. The van der Waals surface area contributed by atoms with Crippen molar-refractivity contribution in [3.63, 3.8) is 0 Å². The Balaban J connectivity index is 2.01. The molecule has 0 bridgehead atoms. The van der Waals surface area contributed by atoms with Gasteiger partial charge in [-0.2, -0.15) is 0 Å². The van der Waals surface area contributed by atoms with E-state index in [2.05, 4.69) is 22.3 Å². The van der Waals surface area contributed by atoms with Crippen molar-refractivity contribution in [2.75, 3.05) is 52.0 Å². The van der Waals surface area contributed by atoms with Crippen molar-refractivity contribution in [2.45, 2.75) is 13.0 Å². The van der Waals surface area contributed by atoms with Gasteiger partial charge in [0, 0.05) is 57.0 Å². The Morgan fingerprint density at radius 1 is 1.33 bits per heavy atom. The highest BCUT2D eigenvalue weighted by atomic mass is 35.5. The third kappa shape index (κ3) is 4.85. The zero-order valence-corrected chi connectivity index (χ0v) is 13.7. The Bertz CT molecular complexity index is 442. The fourth-order valence-electron chi connectivity index (χ4n) is 2.80. The number of hydrogen-bond donors (Lipinski definition) is 1. The van der Waals surface area contributed by atoms with E-state index in [0.717, 1.165) is 44.4 Å². The Morgan fingerprint density at radius 2 is 2.19 bits per heavy atom. The Hall–Kier alpha value is -0.810. The van der Waals surface area contributed by atoms with Gasteiger partial charge in [-0.25, -0.2) is 0 Å². The molecule has 2 rings (SSSR count). The maximum atomic E-state index is 6.18. The number of nitrogens with zero attached hydrogens (tertiary/aromatic N) is 1. The summed E-state index contributed by atoms with van der Waals surface area (Å²) in [5.41, 5.74) is 2.53. The highest BCUT2D eigenvalue weighted by molar-refractivity contribution is 6.30. The number of rotatable bonds is 8. The Morgan fingerprint density at radius 3 is 2.95 bits per heavy atom. The van der Waals surface area contributed by atoms with Crippen LogP contribution in [0.25, 0.3) is 0 Å². The third-order valence-corrected chi connectivity index (χ3v) is 4.11. The molecule has 1 aliphatic heterocycles. The highest BCUT2D eigenvalue weighted by Gasteiger charge is 2.24. The minimum absolute atomic E-state index is 0.614. The van der Waals surface area contributed by atoms with Gasteiger partial charge in [0.15, 0.2) is 0 Å². The molecule has 1 N–H and O–H groups in total. The van der Waals surface area contributed by atoms with E-state index in [9.17, 15) is 0 Å². The molecule has 1 atom stereocenters.